The molecule has 5 nitrogen and oxygen atoms in total. The van der Waals surface area contributed by atoms with E-state index in [1.807, 2.05) is 20.8 Å². The first-order valence-corrected chi connectivity index (χ1v) is 7.15. The van der Waals surface area contributed by atoms with Gasteiger partial charge in [0.25, 0.3) is 0 Å². The Morgan fingerprint density at radius 1 is 1.29 bits per heavy atom. The molecule has 0 radical (unpaired) electrons. The van der Waals surface area contributed by atoms with Crippen LogP contribution in [0.3, 0.4) is 0 Å². The molecule has 21 heavy (non-hydrogen) atoms. The predicted octanol–water partition coefficient (Wildman–Crippen LogP) is 3.29. The molecule has 118 valence electrons. The first kappa shape index (κ1) is 17.6. The smallest absolute Gasteiger partial charge is 0.342 e. The third-order valence-corrected chi connectivity index (χ3v) is 2.71. The fourth-order valence-electron chi connectivity index (χ4n) is 1.61. The highest BCUT2D eigenvalue weighted by Gasteiger charge is 2.18. The predicted molar refractivity (Wildman–Crippen MR) is 83.0 cm³/mol. The normalized spacial score (nSPS) is 11.3. The van der Waals surface area contributed by atoms with E-state index in [1.165, 1.54) is 12.1 Å². The maximum atomic E-state index is 11.9. The lowest BCUT2D eigenvalue weighted by Gasteiger charge is -2.20. The molecule has 0 saturated heterocycles. The van der Waals surface area contributed by atoms with Gasteiger partial charge in [0.1, 0.15) is 12.2 Å². The van der Waals surface area contributed by atoms with E-state index in [0.717, 1.165) is 0 Å². The second-order valence-electron chi connectivity index (χ2n) is 5.41. The van der Waals surface area contributed by atoms with Crippen LogP contribution in [-0.2, 0) is 9.47 Å². The summed E-state index contributed by atoms with van der Waals surface area (Å²) in [5.41, 5.74) is 6.05. The van der Waals surface area contributed by atoms with E-state index in [4.69, 9.17) is 31.5 Å². The van der Waals surface area contributed by atoms with E-state index in [2.05, 4.69) is 0 Å². The van der Waals surface area contributed by atoms with Gasteiger partial charge < -0.3 is 19.9 Å². The Hall–Kier alpha value is -1.46. The Kier molecular flexibility index (Phi) is 6.30. The summed E-state index contributed by atoms with van der Waals surface area (Å²) in [6.45, 7) is 8.49. The van der Waals surface area contributed by atoms with Crippen molar-refractivity contribution in [2.45, 2.75) is 33.3 Å². The van der Waals surface area contributed by atoms with Gasteiger partial charge in [-0.1, -0.05) is 11.6 Å². The minimum Gasteiger partial charge on any atom is -0.489 e. The molecule has 0 heterocycles. The highest BCUT2D eigenvalue weighted by Crippen LogP contribution is 2.32. The number of nitrogen functional groups attached to an aromatic ring is 1. The lowest BCUT2D eigenvalue weighted by atomic mass is 10.2. The van der Waals surface area contributed by atoms with Gasteiger partial charge in [0, 0.05) is 5.69 Å². The SMILES string of the molecule is CCOC(=O)c1cc(N)cc(Cl)c1OCCOC(C)(C)C. The molecule has 0 unspecified atom stereocenters. The van der Waals surface area contributed by atoms with Gasteiger partial charge in [-0.3, -0.25) is 0 Å². The number of halogens is 1. The number of nitrogens with two attached hydrogens (primary N) is 1. The molecule has 0 aliphatic carbocycles. The van der Waals surface area contributed by atoms with Crippen LogP contribution in [0.2, 0.25) is 5.02 Å². The summed E-state index contributed by atoms with van der Waals surface area (Å²) in [5, 5.41) is 0.272. The number of anilines is 1. The highest BCUT2D eigenvalue weighted by molar-refractivity contribution is 6.33. The maximum Gasteiger partial charge on any atom is 0.342 e. The summed E-state index contributed by atoms with van der Waals surface area (Å²) in [5.74, 6) is -0.250. The zero-order valence-corrected chi connectivity index (χ0v) is 13.6. The topological polar surface area (TPSA) is 70.8 Å². The van der Waals surface area contributed by atoms with Crippen molar-refractivity contribution in [2.24, 2.45) is 0 Å². The van der Waals surface area contributed by atoms with Gasteiger partial charge in [-0.25, -0.2) is 4.79 Å². The molecule has 1 aromatic carbocycles. The number of esters is 1. The number of rotatable bonds is 6. The summed E-state index contributed by atoms with van der Waals surface area (Å²) in [6, 6.07) is 3.02. The summed E-state index contributed by atoms with van der Waals surface area (Å²) in [6.07, 6.45) is 0. The van der Waals surface area contributed by atoms with Crippen LogP contribution >= 0.6 is 11.6 Å². The zero-order valence-electron chi connectivity index (χ0n) is 12.9. The minimum absolute atomic E-state index is 0.220. The third-order valence-electron chi connectivity index (χ3n) is 2.43. The molecule has 1 rings (SSSR count). The molecule has 0 bridgehead atoms. The molecule has 1 aromatic rings. The van der Waals surface area contributed by atoms with Crippen LogP contribution in [0.25, 0.3) is 0 Å². The molecular weight excluding hydrogens is 294 g/mol. The first-order valence-electron chi connectivity index (χ1n) is 6.77. The Morgan fingerprint density at radius 2 is 1.95 bits per heavy atom. The van der Waals surface area contributed by atoms with E-state index in [0.29, 0.717) is 12.3 Å². The van der Waals surface area contributed by atoms with Crippen molar-refractivity contribution in [3.63, 3.8) is 0 Å². The van der Waals surface area contributed by atoms with Gasteiger partial charge in [-0.05, 0) is 39.8 Å². The molecule has 0 aliphatic rings. The van der Waals surface area contributed by atoms with Gasteiger partial charge in [0.2, 0.25) is 0 Å². The highest BCUT2D eigenvalue weighted by atomic mass is 35.5. The Morgan fingerprint density at radius 3 is 2.52 bits per heavy atom. The van der Waals surface area contributed by atoms with E-state index in [1.54, 1.807) is 6.92 Å². The number of benzene rings is 1. The van der Waals surface area contributed by atoms with Gasteiger partial charge in [-0.15, -0.1) is 0 Å². The van der Waals surface area contributed by atoms with Crippen LogP contribution < -0.4 is 10.5 Å². The lowest BCUT2D eigenvalue weighted by Crippen LogP contribution is -2.23. The molecule has 6 heteroatoms. The van der Waals surface area contributed by atoms with Gasteiger partial charge in [0.05, 0.1) is 23.8 Å². The van der Waals surface area contributed by atoms with Crippen molar-refractivity contribution in [1.29, 1.82) is 0 Å². The quantitative estimate of drug-likeness (QED) is 0.495. The number of ether oxygens (including phenoxy) is 3. The van der Waals surface area contributed by atoms with Crippen LogP contribution in [0.1, 0.15) is 38.1 Å². The van der Waals surface area contributed by atoms with Crippen molar-refractivity contribution in [3.05, 3.63) is 22.7 Å². The second kappa shape index (κ2) is 7.52. The van der Waals surface area contributed by atoms with Crippen molar-refractivity contribution < 1.29 is 19.0 Å². The van der Waals surface area contributed by atoms with Crippen molar-refractivity contribution >= 4 is 23.3 Å². The summed E-state index contributed by atoms with van der Waals surface area (Å²) < 4.78 is 16.1. The van der Waals surface area contributed by atoms with Gasteiger partial charge in [-0.2, -0.15) is 0 Å². The number of hydrogen-bond acceptors (Lipinski definition) is 5. The van der Waals surface area contributed by atoms with Gasteiger partial charge >= 0.3 is 5.97 Å². The fourth-order valence-corrected chi connectivity index (χ4v) is 1.90. The Balaban J connectivity index is 2.82. The molecule has 0 saturated carbocycles. The average molecular weight is 316 g/mol. The molecule has 0 spiro atoms. The molecule has 0 amide bonds. The van der Waals surface area contributed by atoms with E-state index in [-0.39, 0.29) is 35.2 Å². The van der Waals surface area contributed by atoms with E-state index >= 15 is 0 Å². The monoisotopic (exact) mass is 315 g/mol. The fraction of sp³-hybridized carbons (Fsp3) is 0.533. The van der Waals surface area contributed by atoms with Crippen molar-refractivity contribution in [2.75, 3.05) is 25.6 Å². The number of carbonyl (C=O) groups is 1. The summed E-state index contributed by atoms with van der Waals surface area (Å²) >= 11 is 6.09. The van der Waals surface area contributed by atoms with E-state index < -0.39 is 5.97 Å². The number of carbonyl (C=O) groups excluding carboxylic acids is 1. The van der Waals surface area contributed by atoms with Gasteiger partial charge in [0.15, 0.2) is 5.75 Å². The Labute approximate surface area is 130 Å². The zero-order chi connectivity index (χ0) is 16.0. The van der Waals surface area contributed by atoms with Crippen LogP contribution in [0, 0.1) is 0 Å². The average Bonchev–Trinajstić information content (AvgIpc) is 2.34. The maximum absolute atomic E-state index is 11.9. The molecule has 0 aromatic heterocycles. The Bertz CT molecular complexity index is 497. The standard InChI is InChI=1S/C15H22ClNO4/c1-5-19-14(18)11-8-10(17)9-12(16)13(11)20-6-7-21-15(2,3)4/h8-9H,5-7,17H2,1-4H3. The molecule has 0 fully saturated rings. The minimum atomic E-state index is -0.515. The molecule has 0 atom stereocenters. The number of hydrogen-bond donors (Lipinski definition) is 1. The second-order valence-corrected chi connectivity index (χ2v) is 5.82. The van der Waals surface area contributed by atoms with E-state index in [9.17, 15) is 4.79 Å². The summed E-state index contributed by atoms with van der Waals surface area (Å²) in [7, 11) is 0. The lowest BCUT2D eigenvalue weighted by molar-refractivity contribution is -0.0164. The molecule has 0 aliphatic heterocycles. The van der Waals surface area contributed by atoms with Crippen molar-refractivity contribution in [1.82, 2.24) is 0 Å². The summed E-state index contributed by atoms with van der Waals surface area (Å²) in [4.78, 5) is 11.9. The van der Waals surface area contributed by atoms with Crippen LogP contribution in [-0.4, -0.2) is 31.4 Å². The first-order chi connectivity index (χ1) is 9.74. The van der Waals surface area contributed by atoms with Crippen LogP contribution in [0.15, 0.2) is 12.1 Å². The van der Waals surface area contributed by atoms with Crippen LogP contribution in [0.5, 0.6) is 5.75 Å². The molecule has 2 N–H and O–H groups in total. The van der Waals surface area contributed by atoms with Crippen LogP contribution in [0.4, 0.5) is 5.69 Å². The van der Waals surface area contributed by atoms with Crippen molar-refractivity contribution in [3.8, 4) is 5.75 Å². The third kappa shape index (κ3) is 5.81. The largest absolute Gasteiger partial charge is 0.489 e. The molecular formula is C15H22ClNO4.